The van der Waals surface area contributed by atoms with Gasteiger partial charge in [-0.2, -0.15) is 0 Å². The van der Waals surface area contributed by atoms with Crippen molar-refractivity contribution in [1.82, 2.24) is 5.43 Å². The number of hydrazine groups is 1. The summed E-state index contributed by atoms with van der Waals surface area (Å²) in [4.78, 5) is 0. The maximum Gasteiger partial charge on any atom is 0.123 e. The number of hydrogen-bond donors (Lipinski definition) is 2. The summed E-state index contributed by atoms with van der Waals surface area (Å²) < 4.78 is 5.41. The number of methoxy groups -OCH3 is 1. The highest BCUT2D eigenvalue weighted by atomic mass is 16.5. The van der Waals surface area contributed by atoms with E-state index in [-0.39, 0.29) is 6.04 Å². The van der Waals surface area contributed by atoms with E-state index in [1.807, 2.05) is 18.2 Å². The highest BCUT2D eigenvalue weighted by Gasteiger charge is 2.13. The molecule has 0 aliphatic heterocycles. The summed E-state index contributed by atoms with van der Waals surface area (Å²) in [6.45, 7) is 2.26. The van der Waals surface area contributed by atoms with Crippen LogP contribution in [0.3, 0.4) is 0 Å². The number of nitrogens with two attached hydrogens (primary N) is 1. The van der Waals surface area contributed by atoms with Crippen molar-refractivity contribution >= 4 is 0 Å². The van der Waals surface area contributed by atoms with Crippen LogP contribution < -0.4 is 16.0 Å². The molecule has 0 fully saturated rings. The number of unbranched alkanes of at least 4 members (excludes halogenated alkanes) is 7. The number of ether oxygens (including phenoxy) is 1. The topological polar surface area (TPSA) is 47.3 Å². The molecule has 120 valence electrons. The first-order valence-corrected chi connectivity index (χ1v) is 8.42. The molecule has 0 heterocycles. The van der Waals surface area contributed by atoms with Gasteiger partial charge in [0.25, 0.3) is 0 Å². The van der Waals surface area contributed by atoms with Gasteiger partial charge in [0.2, 0.25) is 0 Å². The molecule has 1 unspecified atom stereocenters. The van der Waals surface area contributed by atoms with Gasteiger partial charge in [0, 0.05) is 11.6 Å². The molecule has 3 N–H and O–H groups in total. The molecule has 0 radical (unpaired) electrons. The number of para-hydroxylation sites is 1. The molecule has 0 spiro atoms. The largest absolute Gasteiger partial charge is 0.496 e. The van der Waals surface area contributed by atoms with Gasteiger partial charge in [-0.3, -0.25) is 11.3 Å². The van der Waals surface area contributed by atoms with E-state index in [1.54, 1.807) is 7.11 Å². The smallest absolute Gasteiger partial charge is 0.123 e. The Labute approximate surface area is 130 Å². The van der Waals surface area contributed by atoms with Crippen molar-refractivity contribution in [3.05, 3.63) is 29.8 Å². The maximum atomic E-state index is 5.72. The average molecular weight is 292 g/mol. The standard InChI is InChI=1S/C18H32N2O/c1-3-4-5-6-7-8-9-10-14-17(20-19)16-13-11-12-15-18(16)21-2/h11-13,15,17,20H,3-10,14,19H2,1-2H3. The number of rotatable bonds is 12. The predicted octanol–water partition coefficient (Wildman–Crippen LogP) is 4.73. The Kier molecular flexibility index (Phi) is 9.92. The molecular formula is C18H32N2O. The molecule has 1 aromatic carbocycles. The molecule has 0 saturated carbocycles. The fourth-order valence-electron chi connectivity index (χ4n) is 2.77. The summed E-state index contributed by atoms with van der Waals surface area (Å²) >= 11 is 0. The van der Waals surface area contributed by atoms with Gasteiger partial charge in [-0.05, 0) is 12.5 Å². The summed E-state index contributed by atoms with van der Waals surface area (Å²) in [7, 11) is 1.71. The minimum atomic E-state index is 0.182. The van der Waals surface area contributed by atoms with Crippen LogP contribution in [0.25, 0.3) is 0 Å². The second kappa shape index (κ2) is 11.6. The Hall–Kier alpha value is -1.06. The van der Waals surface area contributed by atoms with E-state index in [1.165, 1.54) is 51.4 Å². The molecular weight excluding hydrogens is 260 g/mol. The minimum Gasteiger partial charge on any atom is -0.496 e. The molecule has 0 saturated heterocycles. The van der Waals surface area contributed by atoms with Crippen molar-refractivity contribution in [2.24, 2.45) is 5.84 Å². The SMILES string of the molecule is CCCCCCCCCCC(NN)c1ccccc1OC. The summed E-state index contributed by atoms with van der Waals surface area (Å²) in [5.41, 5.74) is 4.09. The third-order valence-corrected chi connectivity index (χ3v) is 4.06. The lowest BCUT2D eigenvalue weighted by Crippen LogP contribution is -2.28. The van der Waals surface area contributed by atoms with Gasteiger partial charge in [-0.1, -0.05) is 76.5 Å². The quantitative estimate of drug-likeness (QED) is 0.332. The highest BCUT2D eigenvalue weighted by Crippen LogP contribution is 2.28. The summed E-state index contributed by atoms with van der Waals surface area (Å²) in [6.07, 6.45) is 11.8. The molecule has 0 aliphatic carbocycles. The van der Waals surface area contributed by atoms with Gasteiger partial charge in [-0.25, -0.2) is 0 Å². The first-order chi connectivity index (χ1) is 10.3. The molecule has 1 atom stereocenters. The Morgan fingerprint density at radius 1 is 1.00 bits per heavy atom. The minimum absolute atomic E-state index is 0.182. The van der Waals surface area contributed by atoms with E-state index < -0.39 is 0 Å². The van der Waals surface area contributed by atoms with Gasteiger partial charge in [-0.15, -0.1) is 0 Å². The van der Waals surface area contributed by atoms with Crippen LogP contribution in [0.1, 0.15) is 76.3 Å². The molecule has 21 heavy (non-hydrogen) atoms. The molecule has 3 heteroatoms. The third-order valence-electron chi connectivity index (χ3n) is 4.06. The Balaban J connectivity index is 2.25. The zero-order valence-electron chi connectivity index (χ0n) is 13.7. The second-order valence-electron chi connectivity index (χ2n) is 5.72. The van der Waals surface area contributed by atoms with Gasteiger partial charge in [0.15, 0.2) is 0 Å². The van der Waals surface area contributed by atoms with Crippen LogP contribution in [0.4, 0.5) is 0 Å². The predicted molar refractivity (Wildman–Crippen MR) is 90.3 cm³/mol. The van der Waals surface area contributed by atoms with Crippen molar-refractivity contribution in [2.45, 2.75) is 70.8 Å². The molecule has 0 aliphatic rings. The molecule has 1 aromatic rings. The lowest BCUT2D eigenvalue weighted by atomic mass is 9.99. The van der Waals surface area contributed by atoms with Gasteiger partial charge < -0.3 is 4.74 Å². The van der Waals surface area contributed by atoms with E-state index in [0.29, 0.717) is 0 Å². The monoisotopic (exact) mass is 292 g/mol. The zero-order chi connectivity index (χ0) is 15.3. The van der Waals surface area contributed by atoms with E-state index in [4.69, 9.17) is 10.6 Å². The molecule has 0 bridgehead atoms. The van der Waals surface area contributed by atoms with Crippen LogP contribution in [0, 0.1) is 0 Å². The van der Waals surface area contributed by atoms with E-state index in [0.717, 1.165) is 17.7 Å². The lowest BCUT2D eigenvalue weighted by Gasteiger charge is -2.18. The van der Waals surface area contributed by atoms with Crippen molar-refractivity contribution in [3.8, 4) is 5.75 Å². The molecule has 1 rings (SSSR count). The van der Waals surface area contributed by atoms with Crippen molar-refractivity contribution in [1.29, 1.82) is 0 Å². The number of hydrogen-bond acceptors (Lipinski definition) is 3. The van der Waals surface area contributed by atoms with Crippen molar-refractivity contribution in [3.63, 3.8) is 0 Å². The maximum absolute atomic E-state index is 5.72. The lowest BCUT2D eigenvalue weighted by molar-refractivity contribution is 0.392. The fourth-order valence-corrected chi connectivity index (χ4v) is 2.77. The van der Waals surface area contributed by atoms with Gasteiger partial charge in [0.1, 0.15) is 5.75 Å². The van der Waals surface area contributed by atoms with E-state index >= 15 is 0 Å². The normalized spacial score (nSPS) is 12.3. The van der Waals surface area contributed by atoms with Crippen LogP contribution in [0.15, 0.2) is 24.3 Å². The first-order valence-electron chi connectivity index (χ1n) is 8.42. The van der Waals surface area contributed by atoms with Crippen molar-refractivity contribution in [2.75, 3.05) is 7.11 Å². The summed E-state index contributed by atoms with van der Waals surface area (Å²) in [6, 6.07) is 8.30. The van der Waals surface area contributed by atoms with Gasteiger partial charge in [0.05, 0.1) is 7.11 Å². The Morgan fingerprint density at radius 3 is 2.24 bits per heavy atom. The average Bonchev–Trinajstić information content (AvgIpc) is 2.53. The van der Waals surface area contributed by atoms with Crippen molar-refractivity contribution < 1.29 is 4.74 Å². The van der Waals surface area contributed by atoms with Crippen LogP contribution in [-0.2, 0) is 0 Å². The summed E-state index contributed by atoms with van der Waals surface area (Å²) in [5, 5.41) is 0. The first kappa shape index (κ1) is 18.0. The summed E-state index contributed by atoms with van der Waals surface area (Å²) in [5.74, 6) is 6.64. The molecule has 3 nitrogen and oxygen atoms in total. The zero-order valence-corrected chi connectivity index (χ0v) is 13.7. The number of nitrogens with one attached hydrogen (secondary N) is 1. The van der Waals surface area contributed by atoms with Crippen LogP contribution in [0.2, 0.25) is 0 Å². The van der Waals surface area contributed by atoms with Crippen LogP contribution in [0.5, 0.6) is 5.75 Å². The third kappa shape index (κ3) is 6.96. The number of benzene rings is 1. The van der Waals surface area contributed by atoms with Gasteiger partial charge >= 0.3 is 0 Å². The molecule has 0 aromatic heterocycles. The Bertz CT molecular complexity index is 368. The Morgan fingerprint density at radius 2 is 1.62 bits per heavy atom. The highest BCUT2D eigenvalue weighted by molar-refractivity contribution is 5.35. The van der Waals surface area contributed by atoms with E-state index in [2.05, 4.69) is 18.4 Å². The fraction of sp³-hybridized carbons (Fsp3) is 0.667. The van der Waals surface area contributed by atoms with Crippen LogP contribution >= 0.6 is 0 Å². The molecule has 0 amide bonds. The second-order valence-corrected chi connectivity index (χ2v) is 5.72. The van der Waals surface area contributed by atoms with Crippen LogP contribution in [-0.4, -0.2) is 7.11 Å². The van der Waals surface area contributed by atoms with E-state index in [9.17, 15) is 0 Å².